The summed E-state index contributed by atoms with van der Waals surface area (Å²) in [5.74, 6) is 0. The Kier molecular flexibility index (Phi) is 5.16. The predicted octanol–water partition coefficient (Wildman–Crippen LogP) is 5.71. The molecule has 0 unspecified atom stereocenters. The highest BCUT2D eigenvalue weighted by Gasteiger charge is 2.25. The molecule has 0 bridgehead atoms. The van der Waals surface area contributed by atoms with E-state index in [-0.39, 0.29) is 9.92 Å². The Labute approximate surface area is 176 Å². The van der Waals surface area contributed by atoms with Gasteiger partial charge in [0.1, 0.15) is 10.6 Å². The molecule has 28 heavy (non-hydrogen) atoms. The number of hydrogen-bond donors (Lipinski definition) is 1. The van der Waals surface area contributed by atoms with Crippen LogP contribution >= 0.6 is 34.5 Å². The molecule has 0 saturated heterocycles. The number of benzene rings is 2. The molecule has 0 amide bonds. The zero-order valence-corrected chi connectivity index (χ0v) is 17.4. The summed E-state index contributed by atoms with van der Waals surface area (Å²) < 4.78 is 30.3. The van der Waals surface area contributed by atoms with Crippen molar-refractivity contribution in [2.75, 3.05) is 4.72 Å². The minimum atomic E-state index is -3.92. The average Bonchev–Trinajstić information content (AvgIpc) is 3.35. The molecule has 0 aliphatic heterocycles. The van der Waals surface area contributed by atoms with Crippen molar-refractivity contribution < 1.29 is 8.42 Å². The Bertz CT molecular complexity index is 1220. The second kappa shape index (κ2) is 7.60. The molecule has 2 aromatic heterocycles. The molecule has 9 heteroatoms. The van der Waals surface area contributed by atoms with E-state index in [0.717, 1.165) is 10.6 Å². The number of rotatable bonds is 5. The number of anilines is 1. The van der Waals surface area contributed by atoms with Crippen LogP contribution in [0.3, 0.4) is 0 Å². The second-order valence-corrected chi connectivity index (χ2v) is 9.25. The SMILES string of the molecule is O=S(=O)(Nc1ccc(Cl)c(Cl)c1)c1cn(-c2ccccc2)nc1-c1cccs1. The molecular formula is C19H13Cl2N3O2S2. The van der Waals surface area contributed by atoms with Crippen LogP contribution in [-0.2, 0) is 10.0 Å². The summed E-state index contributed by atoms with van der Waals surface area (Å²) in [7, 11) is -3.92. The first-order valence-corrected chi connectivity index (χ1v) is 11.2. The molecule has 0 fully saturated rings. The Morgan fingerprint density at radius 2 is 1.75 bits per heavy atom. The molecule has 0 spiro atoms. The maximum absolute atomic E-state index is 13.1. The third-order valence-electron chi connectivity index (χ3n) is 3.92. The van der Waals surface area contributed by atoms with E-state index in [4.69, 9.17) is 23.2 Å². The maximum Gasteiger partial charge on any atom is 0.265 e. The van der Waals surface area contributed by atoms with Gasteiger partial charge in [0.15, 0.2) is 0 Å². The molecule has 4 aromatic rings. The minimum absolute atomic E-state index is 0.0740. The average molecular weight is 450 g/mol. The summed E-state index contributed by atoms with van der Waals surface area (Å²) in [4.78, 5) is 0.828. The maximum atomic E-state index is 13.1. The fourth-order valence-corrected chi connectivity index (χ4v) is 4.90. The lowest BCUT2D eigenvalue weighted by Gasteiger charge is -2.08. The van der Waals surface area contributed by atoms with Crippen molar-refractivity contribution in [1.29, 1.82) is 0 Å². The predicted molar refractivity (Wildman–Crippen MR) is 114 cm³/mol. The standard InChI is InChI=1S/C19H13Cl2N3O2S2/c20-15-9-8-13(11-16(15)21)23-28(25,26)18-12-24(14-5-2-1-3-6-14)22-19(18)17-7-4-10-27-17/h1-12,23H. The van der Waals surface area contributed by atoms with E-state index < -0.39 is 10.0 Å². The molecular weight excluding hydrogens is 437 g/mol. The summed E-state index contributed by atoms with van der Waals surface area (Å²) >= 11 is 13.3. The molecule has 2 heterocycles. The van der Waals surface area contributed by atoms with Crippen molar-refractivity contribution in [2.45, 2.75) is 4.90 Å². The monoisotopic (exact) mass is 449 g/mol. The van der Waals surface area contributed by atoms with Gasteiger partial charge in [0, 0.05) is 0 Å². The van der Waals surface area contributed by atoms with E-state index in [9.17, 15) is 8.42 Å². The number of thiophene rings is 1. The van der Waals surface area contributed by atoms with Crippen molar-refractivity contribution in [2.24, 2.45) is 0 Å². The van der Waals surface area contributed by atoms with E-state index >= 15 is 0 Å². The summed E-state index contributed by atoms with van der Waals surface area (Å²) in [6, 6.07) is 17.6. The molecule has 0 saturated carbocycles. The van der Waals surface area contributed by atoms with Crippen LogP contribution in [0.1, 0.15) is 0 Å². The van der Waals surface area contributed by atoms with Crippen LogP contribution < -0.4 is 4.72 Å². The molecule has 0 aliphatic rings. The van der Waals surface area contributed by atoms with Gasteiger partial charge < -0.3 is 0 Å². The molecule has 5 nitrogen and oxygen atoms in total. The molecule has 0 atom stereocenters. The first kappa shape index (κ1) is 19.0. The molecule has 0 radical (unpaired) electrons. The molecule has 142 valence electrons. The zero-order valence-electron chi connectivity index (χ0n) is 14.2. The summed E-state index contributed by atoms with van der Waals surface area (Å²) in [6.07, 6.45) is 1.50. The van der Waals surface area contributed by atoms with Gasteiger partial charge in [-0.3, -0.25) is 4.72 Å². The molecule has 4 rings (SSSR count). The highest BCUT2D eigenvalue weighted by molar-refractivity contribution is 7.92. The van der Waals surface area contributed by atoms with Crippen LogP contribution in [0.2, 0.25) is 10.0 Å². The Balaban J connectivity index is 1.80. The van der Waals surface area contributed by atoms with Gasteiger partial charge in [-0.05, 0) is 41.8 Å². The lowest BCUT2D eigenvalue weighted by molar-refractivity contribution is 0.601. The van der Waals surface area contributed by atoms with Crippen LogP contribution in [-0.4, -0.2) is 18.2 Å². The normalized spacial score (nSPS) is 11.5. The highest BCUT2D eigenvalue weighted by Crippen LogP contribution is 2.32. The summed E-state index contributed by atoms with van der Waals surface area (Å²) in [5.41, 5.74) is 1.46. The van der Waals surface area contributed by atoms with Gasteiger partial charge in [0.2, 0.25) is 0 Å². The van der Waals surface area contributed by atoms with Gasteiger partial charge in [-0.2, -0.15) is 5.10 Å². The van der Waals surface area contributed by atoms with Crippen LogP contribution in [0.25, 0.3) is 16.3 Å². The van der Waals surface area contributed by atoms with Crippen LogP contribution in [0.5, 0.6) is 0 Å². The van der Waals surface area contributed by atoms with Crippen molar-refractivity contribution in [3.05, 3.63) is 82.3 Å². The largest absolute Gasteiger partial charge is 0.279 e. The number of sulfonamides is 1. The number of hydrogen-bond acceptors (Lipinski definition) is 4. The zero-order chi connectivity index (χ0) is 19.7. The van der Waals surface area contributed by atoms with E-state index in [1.54, 1.807) is 10.7 Å². The van der Waals surface area contributed by atoms with Crippen LogP contribution in [0.4, 0.5) is 5.69 Å². The third-order valence-corrected chi connectivity index (χ3v) is 6.92. The molecule has 1 N–H and O–H groups in total. The van der Waals surface area contributed by atoms with Crippen molar-refractivity contribution in [3.8, 4) is 16.3 Å². The van der Waals surface area contributed by atoms with Crippen molar-refractivity contribution in [3.63, 3.8) is 0 Å². The Hall–Kier alpha value is -2.32. The lowest BCUT2D eigenvalue weighted by Crippen LogP contribution is -2.13. The first-order valence-electron chi connectivity index (χ1n) is 8.11. The summed E-state index contributed by atoms with van der Waals surface area (Å²) in [5, 5.41) is 7.01. The fourth-order valence-electron chi connectivity index (χ4n) is 2.62. The molecule has 2 aromatic carbocycles. The molecule has 0 aliphatic carbocycles. The Morgan fingerprint density at radius 1 is 0.964 bits per heavy atom. The van der Waals surface area contributed by atoms with Gasteiger partial charge >= 0.3 is 0 Å². The van der Waals surface area contributed by atoms with Gasteiger partial charge in [-0.25, -0.2) is 13.1 Å². The van der Waals surface area contributed by atoms with Gasteiger partial charge in [0.25, 0.3) is 10.0 Å². The first-order chi connectivity index (χ1) is 13.4. The number of halogens is 2. The van der Waals surface area contributed by atoms with E-state index in [1.807, 2.05) is 47.8 Å². The number of aromatic nitrogens is 2. The highest BCUT2D eigenvalue weighted by atomic mass is 35.5. The van der Waals surface area contributed by atoms with E-state index in [2.05, 4.69) is 9.82 Å². The third kappa shape index (κ3) is 3.79. The lowest BCUT2D eigenvalue weighted by atomic mass is 10.3. The Morgan fingerprint density at radius 3 is 2.43 bits per heavy atom. The smallest absolute Gasteiger partial charge is 0.265 e. The summed E-state index contributed by atoms with van der Waals surface area (Å²) in [6.45, 7) is 0. The number of para-hydroxylation sites is 1. The van der Waals surface area contributed by atoms with Crippen molar-refractivity contribution >= 4 is 50.2 Å². The minimum Gasteiger partial charge on any atom is -0.279 e. The quantitative estimate of drug-likeness (QED) is 0.424. The van der Waals surface area contributed by atoms with Gasteiger partial charge in [-0.15, -0.1) is 11.3 Å². The second-order valence-electron chi connectivity index (χ2n) is 5.83. The van der Waals surface area contributed by atoms with Gasteiger partial charge in [0.05, 0.1) is 32.5 Å². The number of nitrogens with one attached hydrogen (secondary N) is 1. The van der Waals surface area contributed by atoms with E-state index in [0.29, 0.717) is 16.4 Å². The van der Waals surface area contributed by atoms with E-state index in [1.165, 1.54) is 29.7 Å². The topological polar surface area (TPSA) is 64.0 Å². The van der Waals surface area contributed by atoms with Crippen LogP contribution in [0, 0.1) is 0 Å². The fraction of sp³-hybridized carbons (Fsp3) is 0. The van der Waals surface area contributed by atoms with Gasteiger partial charge in [-0.1, -0.05) is 47.5 Å². The van der Waals surface area contributed by atoms with Crippen molar-refractivity contribution in [1.82, 2.24) is 9.78 Å². The number of nitrogens with zero attached hydrogens (tertiary/aromatic N) is 2. The van der Waals surface area contributed by atoms with Crippen LogP contribution in [0.15, 0.2) is 77.1 Å².